The van der Waals surface area contributed by atoms with Crippen molar-refractivity contribution in [3.8, 4) is 44.5 Å². The third kappa shape index (κ3) is 5.67. The number of benzene rings is 9. The van der Waals surface area contributed by atoms with Gasteiger partial charge in [-0.3, -0.25) is 0 Å². The van der Waals surface area contributed by atoms with Crippen molar-refractivity contribution in [1.29, 1.82) is 0 Å². The lowest BCUT2D eigenvalue weighted by Gasteiger charge is -2.76. The fourth-order valence-electron chi connectivity index (χ4n) is 16.0. The van der Waals surface area contributed by atoms with Gasteiger partial charge in [0.1, 0.15) is 11.2 Å². The molecule has 72 heavy (non-hydrogen) atoms. The quantitative estimate of drug-likeness (QED) is 0.165. The second kappa shape index (κ2) is 14.7. The summed E-state index contributed by atoms with van der Waals surface area (Å²) in [6.07, 6.45) is 5.68. The lowest BCUT2D eigenvalue weighted by molar-refractivity contribution is -0.231. The maximum atomic E-state index is 6.58. The van der Waals surface area contributed by atoms with E-state index in [2.05, 4.69) is 234 Å². The normalized spacial score (nSPS) is 23.3. The van der Waals surface area contributed by atoms with Crippen LogP contribution in [0.15, 0.2) is 192 Å². The third-order valence-electron chi connectivity index (χ3n) is 19.0. The number of furan rings is 1. The van der Waals surface area contributed by atoms with Gasteiger partial charge in [-0.05, 0) is 174 Å². The zero-order chi connectivity index (χ0) is 48.5. The van der Waals surface area contributed by atoms with Gasteiger partial charge in [0.2, 0.25) is 0 Å². The van der Waals surface area contributed by atoms with Crippen molar-refractivity contribution in [3.63, 3.8) is 0 Å². The van der Waals surface area contributed by atoms with Crippen LogP contribution >= 0.6 is 0 Å². The van der Waals surface area contributed by atoms with Gasteiger partial charge >= 0.3 is 0 Å². The summed E-state index contributed by atoms with van der Waals surface area (Å²) < 4.78 is 6.58. The maximum absolute atomic E-state index is 6.58. The molecule has 9 aromatic carbocycles. The zero-order valence-electron chi connectivity index (χ0n) is 42.4. The lowest BCUT2D eigenvalue weighted by Crippen LogP contribution is -2.73. The highest BCUT2D eigenvalue weighted by molar-refractivity contribution is 6.10. The minimum atomic E-state index is -0.00752. The van der Waals surface area contributed by atoms with Gasteiger partial charge in [-0.1, -0.05) is 187 Å². The van der Waals surface area contributed by atoms with E-state index in [1.807, 2.05) is 0 Å². The Hall–Kier alpha value is -7.16. The first-order valence-electron chi connectivity index (χ1n) is 26.7. The molecule has 0 amide bonds. The van der Waals surface area contributed by atoms with Gasteiger partial charge in [0.25, 0.3) is 0 Å². The Labute approximate surface area is 424 Å². The Kier molecular flexibility index (Phi) is 8.70. The average Bonchev–Trinajstić information content (AvgIpc) is 4.19. The molecule has 0 aliphatic heterocycles. The van der Waals surface area contributed by atoms with Gasteiger partial charge in [-0.15, -0.1) is 0 Å². The second-order valence-electron chi connectivity index (χ2n) is 24.5. The van der Waals surface area contributed by atoms with E-state index in [9.17, 15) is 0 Å². The van der Waals surface area contributed by atoms with Crippen LogP contribution in [0.4, 0.5) is 17.1 Å². The topological polar surface area (TPSA) is 16.4 Å². The van der Waals surface area contributed by atoms with Gasteiger partial charge in [0.15, 0.2) is 0 Å². The van der Waals surface area contributed by atoms with Crippen molar-refractivity contribution in [2.24, 2.45) is 29.1 Å². The summed E-state index contributed by atoms with van der Waals surface area (Å²) in [6.45, 7) is 14.0. The zero-order valence-corrected chi connectivity index (χ0v) is 42.4. The van der Waals surface area contributed by atoms with Crippen LogP contribution in [-0.2, 0) is 16.2 Å². The van der Waals surface area contributed by atoms with E-state index >= 15 is 0 Å². The molecular formula is C70H61NO. The molecule has 2 nitrogen and oxygen atoms in total. The summed E-state index contributed by atoms with van der Waals surface area (Å²) in [5.74, 6) is 3.26. The van der Waals surface area contributed by atoms with E-state index < -0.39 is 0 Å². The van der Waals surface area contributed by atoms with Crippen LogP contribution < -0.4 is 4.90 Å². The third-order valence-corrected chi connectivity index (χ3v) is 19.0. The monoisotopic (exact) mass is 931 g/mol. The van der Waals surface area contributed by atoms with Crippen LogP contribution in [0.1, 0.15) is 89.5 Å². The van der Waals surface area contributed by atoms with Crippen molar-refractivity contribution in [1.82, 2.24) is 0 Å². The Bertz CT molecular complexity index is 3870. The molecule has 0 saturated heterocycles. The predicted molar refractivity (Wildman–Crippen MR) is 301 cm³/mol. The number of nitrogens with zero attached hydrogens (tertiary/aromatic N) is 1. The molecule has 6 atom stereocenters. The summed E-state index contributed by atoms with van der Waals surface area (Å²) in [6, 6.07) is 71.8. The van der Waals surface area contributed by atoms with Crippen LogP contribution in [-0.4, -0.2) is 0 Å². The molecule has 352 valence electrons. The standard InChI is InChI=1S/C70H61NO/c1-67(2,3)46-35-45(36-47(38-46)68(4,5)6)51-23-15-17-43-18-16-24-57(66(43)51)54-21-9-13-27-61(54)71(60-26-12-8-19-50(60)44-29-31-56-55-22-10-14-28-62(55)72-63(56)37-44)49-30-32-53-52-20-7-11-25-58(52)70(59(53)40-49)64-34-42-33-48-39-65(70)69(48,64)41-42/h7-32,35-38,40,42,48,64-65H,33-34,39,41H2,1-6H3. The molecule has 0 N–H and O–H groups in total. The van der Waals surface area contributed by atoms with Gasteiger partial charge in [-0.2, -0.15) is 0 Å². The van der Waals surface area contributed by atoms with Crippen molar-refractivity contribution in [2.45, 2.75) is 83.5 Å². The highest BCUT2D eigenvalue weighted by Crippen LogP contribution is 2.89. The van der Waals surface area contributed by atoms with Crippen LogP contribution in [0.3, 0.4) is 0 Å². The van der Waals surface area contributed by atoms with Crippen LogP contribution in [0.25, 0.3) is 77.2 Å². The van der Waals surface area contributed by atoms with Crippen LogP contribution in [0.5, 0.6) is 0 Å². The molecular weight excluding hydrogens is 871 g/mol. The molecule has 1 aromatic heterocycles. The summed E-state index contributed by atoms with van der Waals surface area (Å²) >= 11 is 0. The molecule has 0 radical (unpaired) electrons. The Morgan fingerprint density at radius 2 is 1.08 bits per heavy atom. The van der Waals surface area contributed by atoms with Crippen molar-refractivity contribution < 1.29 is 4.42 Å². The Morgan fingerprint density at radius 3 is 1.85 bits per heavy atom. The van der Waals surface area contributed by atoms with Crippen LogP contribution in [0.2, 0.25) is 0 Å². The van der Waals surface area contributed by atoms with Gasteiger partial charge in [0.05, 0.1) is 11.4 Å². The predicted octanol–water partition coefficient (Wildman–Crippen LogP) is 19.1. The van der Waals surface area contributed by atoms with Crippen molar-refractivity contribution in [3.05, 3.63) is 210 Å². The first kappa shape index (κ1) is 42.5. The van der Waals surface area contributed by atoms with Crippen LogP contribution in [0, 0.1) is 29.1 Å². The molecule has 6 unspecified atom stereocenters. The van der Waals surface area contributed by atoms with E-state index in [1.54, 1.807) is 11.1 Å². The SMILES string of the molecule is CC(C)(C)c1cc(-c2cccc3cccc(-c4ccccc4N(c4ccc5c(c4)C4(c6ccccc6-5)C5CC6CC7CC4C75C6)c4ccccc4-c4ccc5c(c4)oc4ccccc45)c23)cc(C(C)(C)C)c1. The molecule has 2 spiro atoms. The van der Waals surface area contributed by atoms with Gasteiger partial charge in [-0.25, -0.2) is 0 Å². The first-order chi connectivity index (χ1) is 34.9. The summed E-state index contributed by atoms with van der Waals surface area (Å²) in [5, 5.41) is 4.81. The number of para-hydroxylation sites is 3. The molecule has 4 fully saturated rings. The minimum absolute atomic E-state index is 0.00752. The smallest absolute Gasteiger partial charge is 0.136 e. The Balaban J connectivity index is 0.973. The number of anilines is 3. The number of rotatable bonds is 6. The van der Waals surface area contributed by atoms with Gasteiger partial charge < -0.3 is 9.32 Å². The minimum Gasteiger partial charge on any atom is -0.456 e. The van der Waals surface area contributed by atoms with E-state index in [4.69, 9.17) is 4.42 Å². The largest absolute Gasteiger partial charge is 0.456 e. The number of fused-ring (bicyclic) bond motifs is 12. The lowest BCUT2D eigenvalue weighted by atomic mass is 9.27. The number of hydrogen-bond donors (Lipinski definition) is 0. The molecule has 10 aromatic rings. The maximum Gasteiger partial charge on any atom is 0.136 e. The van der Waals surface area contributed by atoms with E-state index in [-0.39, 0.29) is 16.2 Å². The second-order valence-corrected chi connectivity index (χ2v) is 24.5. The van der Waals surface area contributed by atoms with E-state index in [0.717, 1.165) is 68.1 Å². The Morgan fingerprint density at radius 1 is 0.458 bits per heavy atom. The summed E-state index contributed by atoms with van der Waals surface area (Å²) in [5.41, 5.74) is 22.0. The van der Waals surface area contributed by atoms with Crippen molar-refractivity contribution >= 4 is 49.8 Å². The molecule has 5 aliphatic carbocycles. The van der Waals surface area contributed by atoms with E-state index in [0.29, 0.717) is 5.41 Å². The number of hydrogen-bond acceptors (Lipinski definition) is 2. The average molecular weight is 932 g/mol. The summed E-state index contributed by atoms with van der Waals surface area (Å²) in [7, 11) is 0. The van der Waals surface area contributed by atoms with Crippen molar-refractivity contribution in [2.75, 3.05) is 4.90 Å². The molecule has 2 bridgehead atoms. The molecule has 5 aliphatic rings. The van der Waals surface area contributed by atoms with E-state index in [1.165, 1.54) is 86.7 Å². The highest BCUT2D eigenvalue weighted by atomic mass is 16.3. The van der Waals surface area contributed by atoms with Gasteiger partial charge in [0, 0.05) is 33.0 Å². The first-order valence-corrected chi connectivity index (χ1v) is 26.7. The summed E-state index contributed by atoms with van der Waals surface area (Å²) in [4.78, 5) is 2.61. The fraction of sp³-hybridized carbons (Fsp3) is 0.257. The fourth-order valence-corrected chi connectivity index (χ4v) is 16.0. The molecule has 15 rings (SSSR count). The highest BCUT2D eigenvalue weighted by Gasteiger charge is 2.84. The molecule has 4 saturated carbocycles. The molecule has 2 heteroatoms. The molecule has 1 heterocycles.